The van der Waals surface area contributed by atoms with Crippen LogP contribution in [-0.4, -0.2) is 60.7 Å². The zero-order chi connectivity index (χ0) is 30.2. The summed E-state index contributed by atoms with van der Waals surface area (Å²) in [6.45, 7) is 4.34. The lowest BCUT2D eigenvalue weighted by molar-refractivity contribution is 0.00676. The Morgan fingerprint density at radius 1 is 0.690 bits per heavy atom. The van der Waals surface area contributed by atoms with Crippen molar-refractivity contribution in [3.05, 3.63) is 94.0 Å². The minimum absolute atomic E-state index is 0.313. The van der Waals surface area contributed by atoms with Crippen LogP contribution in [0.4, 0.5) is 0 Å². The minimum Gasteiger partial charge on any atom is -0.386 e. The van der Waals surface area contributed by atoms with Gasteiger partial charge >= 0.3 is 0 Å². The number of benzene rings is 2. The molecule has 2 aliphatic carbocycles. The number of aryl methyl sites for hydroxylation is 2. The third kappa shape index (κ3) is 6.64. The summed E-state index contributed by atoms with van der Waals surface area (Å²) in [6, 6.07) is 15.1. The predicted molar refractivity (Wildman–Crippen MR) is 165 cm³/mol. The summed E-state index contributed by atoms with van der Waals surface area (Å²) in [6.07, 6.45) is 6.95. The van der Waals surface area contributed by atoms with E-state index in [0.717, 1.165) is 48.5 Å². The zero-order valence-electron chi connectivity index (χ0n) is 23.5. The summed E-state index contributed by atoms with van der Waals surface area (Å²) in [5.74, 6) is 1.52. The molecule has 2 atom stereocenters. The molecule has 6 rings (SSSR count). The fourth-order valence-electron chi connectivity index (χ4n) is 5.23. The van der Waals surface area contributed by atoms with Crippen LogP contribution in [0.15, 0.2) is 61.2 Å². The topological polar surface area (TPSA) is 102 Å². The number of alkyl halides is 2. The molecule has 8 nitrogen and oxygen atoms in total. The average Bonchev–Trinajstić information content (AvgIpc) is 3.81. The smallest absolute Gasteiger partial charge is 0.138 e. The maximum absolute atomic E-state index is 11.2. The van der Waals surface area contributed by atoms with Gasteiger partial charge in [-0.1, -0.05) is 59.6 Å². The first-order valence-electron chi connectivity index (χ1n) is 13.9. The molecular weight excluding hydrogens is 618 g/mol. The van der Waals surface area contributed by atoms with E-state index >= 15 is 0 Å². The Balaban J connectivity index is 0.000000168. The van der Waals surface area contributed by atoms with Crippen LogP contribution in [0.2, 0.25) is 10.0 Å². The number of halogens is 4. The van der Waals surface area contributed by atoms with Gasteiger partial charge in [0, 0.05) is 22.9 Å². The second-order valence-corrected chi connectivity index (χ2v) is 13.7. The largest absolute Gasteiger partial charge is 0.386 e. The van der Waals surface area contributed by atoms with Gasteiger partial charge in [-0.05, 0) is 62.8 Å². The molecule has 224 valence electrons. The molecule has 2 unspecified atom stereocenters. The molecule has 2 fully saturated rings. The van der Waals surface area contributed by atoms with Gasteiger partial charge in [0.1, 0.15) is 35.5 Å². The average molecular weight is 652 g/mol. The lowest BCUT2D eigenvalue weighted by Gasteiger charge is -2.33. The fraction of sp³-hybridized carbons (Fsp3) is 0.467. The van der Waals surface area contributed by atoms with Crippen LogP contribution >= 0.6 is 46.4 Å². The molecule has 2 heterocycles. The van der Waals surface area contributed by atoms with Crippen LogP contribution in [0.3, 0.4) is 0 Å². The molecular formula is C30H34Cl4N6O2. The molecule has 42 heavy (non-hydrogen) atoms. The first-order valence-corrected chi connectivity index (χ1v) is 15.4. The highest BCUT2D eigenvalue weighted by atomic mass is 35.5. The molecule has 0 bridgehead atoms. The van der Waals surface area contributed by atoms with E-state index in [-0.39, 0.29) is 0 Å². The van der Waals surface area contributed by atoms with Gasteiger partial charge < -0.3 is 10.2 Å². The molecule has 0 radical (unpaired) electrons. The van der Waals surface area contributed by atoms with Gasteiger partial charge in [0.15, 0.2) is 0 Å². The Morgan fingerprint density at radius 2 is 1.05 bits per heavy atom. The van der Waals surface area contributed by atoms with E-state index in [4.69, 9.17) is 46.4 Å². The van der Waals surface area contributed by atoms with E-state index in [9.17, 15) is 10.2 Å². The lowest BCUT2D eigenvalue weighted by Crippen LogP contribution is -2.47. The second-order valence-electron chi connectivity index (χ2n) is 11.5. The first kappa shape index (κ1) is 31.2. The van der Waals surface area contributed by atoms with Gasteiger partial charge in [-0.25, -0.2) is 19.3 Å². The third-order valence-electron chi connectivity index (χ3n) is 8.37. The highest BCUT2D eigenvalue weighted by molar-refractivity contribution is 6.31. The van der Waals surface area contributed by atoms with Gasteiger partial charge in [0.25, 0.3) is 0 Å². The van der Waals surface area contributed by atoms with E-state index in [1.807, 2.05) is 62.4 Å². The number of rotatable bonds is 10. The highest BCUT2D eigenvalue weighted by Crippen LogP contribution is 2.54. The van der Waals surface area contributed by atoms with Crippen LogP contribution in [0.25, 0.3) is 0 Å². The fourth-order valence-corrected chi connectivity index (χ4v) is 6.07. The van der Waals surface area contributed by atoms with Crippen molar-refractivity contribution in [3.8, 4) is 0 Å². The zero-order valence-corrected chi connectivity index (χ0v) is 26.5. The van der Waals surface area contributed by atoms with Crippen molar-refractivity contribution in [2.75, 3.05) is 0 Å². The number of aliphatic hydroxyl groups is 2. The monoisotopic (exact) mass is 650 g/mol. The lowest BCUT2D eigenvalue weighted by atomic mass is 9.89. The van der Waals surface area contributed by atoms with E-state index in [1.54, 1.807) is 9.36 Å². The SMILES string of the molecule is Cc1ncnn1CC(O)(Cc1ccccc1Cl)C1(Cl)CC1.Cc1ncnn1CC(O)(Cc1ccccc1Cl)C1(Cl)CC1. The standard InChI is InChI=1S/2C15H17Cl2N3O/c2*1-11-18-10-19-20(11)9-15(21,14(17)6-7-14)8-12-4-2-3-5-13(12)16/h2*2-5,10,21H,6-9H2,1H3. The predicted octanol–water partition coefficient (Wildman–Crippen LogP) is 5.97. The molecule has 2 N–H and O–H groups in total. The van der Waals surface area contributed by atoms with Crippen molar-refractivity contribution in [3.63, 3.8) is 0 Å². The number of aromatic nitrogens is 6. The van der Waals surface area contributed by atoms with E-state index in [2.05, 4.69) is 20.2 Å². The van der Waals surface area contributed by atoms with Crippen molar-refractivity contribution in [1.82, 2.24) is 29.5 Å². The maximum Gasteiger partial charge on any atom is 0.138 e. The van der Waals surface area contributed by atoms with Crippen LogP contribution < -0.4 is 0 Å². The number of hydrogen-bond acceptors (Lipinski definition) is 6. The molecule has 0 saturated heterocycles. The van der Waals surface area contributed by atoms with Crippen LogP contribution in [0, 0.1) is 13.8 Å². The van der Waals surface area contributed by atoms with E-state index in [0.29, 0.717) is 36.0 Å². The highest BCUT2D eigenvalue weighted by Gasteiger charge is 2.59. The van der Waals surface area contributed by atoms with Gasteiger partial charge in [0.2, 0.25) is 0 Å². The normalized spacial score (nSPS) is 19.2. The van der Waals surface area contributed by atoms with Crippen molar-refractivity contribution >= 4 is 46.4 Å². The number of nitrogens with zero attached hydrogens (tertiary/aromatic N) is 6. The van der Waals surface area contributed by atoms with E-state index < -0.39 is 21.0 Å². The summed E-state index contributed by atoms with van der Waals surface area (Å²) >= 11 is 25.6. The minimum atomic E-state index is -1.10. The molecule has 0 aliphatic heterocycles. The Morgan fingerprint density at radius 3 is 1.33 bits per heavy atom. The molecule has 4 aromatic rings. The van der Waals surface area contributed by atoms with Crippen molar-refractivity contribution < 1.29 is 10.2 Å². The second kappa shape index (κ2) is 12.1. The summed E-state index contributed by atoms with van der Waals surface area (Å²) in [5, 5.41) is 32.0. The summed E-state index contributed by atoms with van der Waals surface area (Å²) in [4.78, 5) is 6.99. The van der Waals surface area contributed by atoms with Gasteiger partial charge in [-0.2, -0.15) is 10.2 Å². The van der Waals surface area contributed by atoms with Crippen molar-refractivity contribution in [2.45, 2.75) is 86.4 Å². The summed E-state index contributed by atoms with van der Waals surface area (Å²) in [7, 11) is 0. The molecule has 0 spiro atoms. The van der Waals surface area contributed by atoms with Crippen LogP contribution in [0.5, 0.6) is 0 Å². The van der Waals surface area contributed by atoms with Crippen molar-refractivity contribution in [1.29, 1.82) is 0 Å². The molecule has 0 amide bonds. The molecule has 12 heteroatoms. The van der Waals surface area contributed by atoms with Crippen LogP contribution in [0.1, 0.15) is 48.5 Å². The third-order valence-corrected chi connectivity index (χ3v) is 10.6. The summed E-state index contributed by atoms with van der Waals surface area (Å²) < 4.78 is 3.39. The quantitative estimate of drug-likeness (QED) is 0.205. The van der Waals surface area contributed by atoms with Gasteiger partial charge in [-0.3, -0.25) is 0 Å². The van der Waals surface area contributed by atoms with Gasteiger partial charge in [-0.15, -0.1) is 23.2 Å². The van der Waals surface area contributed by atoms with Crippen LogP contribution in [-0.2, 0) is 25.9 Å². The van der Waals surface area contributed by atoms with E-state index in [1.165, 1.54) is 12.7 Å². The molecule has 2 aromatic heterocycles. The Bertz CT molecular complexity index is 1420. The Kier molecular flexibility index (Phi) is 8.97. The Hall–Kier alpha value is -2.20. The number of hydrogen-bond donors (Lipinski definition) is 2. The molecule has 2 saturated carbocycles. The molecule has 2 aliphatic rings. The van der Waals surface area contributed by atoms with Gasteiger partial charge in [0.05, 0.1) is 22.8 Å². The van der Waals surface area contributed by atoms with Crippen molar-refractivity contribution in [2.24, 2.45) is 0 Å². The Labute approximate surface area is 265 Å². The molecule has 2 aromatic carbocycles. The maximum atomic E-state index is 11.2. The summed E-state index contributed by atoms with van der Waals surface area (Å²) in [5.41, 5.74) is -0.409. The first-order chi connectivity index (χ1) is 19.9.